The van der Waals surface area contributed by atoms with E-state index in [1.54, 1.807) is 18.3 Å². The van der Waals surface area contributed by atoms with Gasteiger partial charge in [-0.15, -0.1) is 0 Å². The third-order valence-electron chi connectivity index (χ3n) is 3.21. The van der Waals surface area contributed by atoms with Crippen LogP contribution in [0.3, 0.4) is 0 Å². The van der Waals surface area contributed by atoms with Crippen LogP contribution in [0.15, 0.2) is 36.7 Å². The van der Waals surface area contributed by atoms with E-state index in [2.05, 4.69) is 9.97 Å². The number of alkyl halides is 3. The molecule has 116 valence electrons. The van der Waals surface area contributed by atoms with Crippen molar-refractivity contribution in [2.75, 3.05) is 18.0 Å². The summed E-state index contributed by atoms with van der Waals surface area (Å²) < 4.78 is 43.3. The first-order chi connectivity index (χ1) is 10.4. The Morgan fingerprint density at radius 2 is 1.95 bits per heavy atom. The number of aromatic nitrogens is 2. The second-order valence-corrected chi connectivity index (χ2v) is 5.24. The summed E-state index contributed by atoms with van der Waals surface area (Å²) in [4.78, 5) is 9.36. The summed E-state index contributed by atoms with van der Waals surface area (Å²) in [6.45, 7) is 1.03. The van der Waals surface area contributed by atoms with Crippen LogP contribution >= 0.6 is 11.6 Å². The molecule has 0 aromatic carbocycles. The number of pyridine rings is 2. The van der Waals surface area contributed by atoms with E-state index in [4.69, 9.17) is 16.3 Å². The molecule has 2 aromatic rings. The summed E-state index contributed by atoms with van der Waals surface area (Å²) in [7, 11) is 0. The normalized spacial score (nSPS) is 15.5. The molecule has 8 heteroatoms. The molecular weight excluding hydrogens is 319 g/mol. The van der Waals surface area contributed by atoms with Gasteiger partial charge in [-0.05, 0) is 18.2 Å². The van der Waals surface area contributed by atoms with Crippen molar-refractivity contribution < 1.29 is 17.9 Å². The van der Waals surface area contributed by atoms with Crippen molar-refractivity contribution in [2.24, 2.45) is 0 Å². The Hall–Kier alpha value is -2.02. The zero-order valence-electron chi connectivity index (χ0n) is 11.2. The molecule has 0 bridgehead atoms. The molecule has 0 atom stereocenters. The molecule has 4 nitrogen and oxygen atoms in total. The van der Waals surface area contributed by atoms with Gasteiger partial charge in [0.05, 0.1) is 18.1 Å². The highest BCUT2D eigenvalue weighted by molar-refractivity contribution is 6.32. The van der Waals surface area contributed by atoms with Crippen molar-refractivity contribution in [1.29, 1.82) is 0 Å². The van der Waals surface area contributed by atoms with Crippen LogP contribution in [0.5, 0.6) is 5.75 Å². The fourth-order valence-electron chi connectivity index (χ4n) is 2.13. The molecule has 0 unspecified atom stereocenters. The first-order valence-corrected chi connectivity index (χ1v) is 6.86. The van der Waals surface area contributed by atoms with E-state index in [0.29, 0.717) is 23.9 Å². The average Bonchev–Trinajstić information content (AvgIpc) is 2.43. The fourth-order valence-corrected chi connectivity index (χ4v) is 2.37. The molecule has 1 aliphatic heterocycles. The van der Waals surface area contributed by atoms with Crippen molar-refractivity contribution in [3.05, 3.63) is 47.4 Å². The van der Waals surface area contributed by atoms with E-state index in [-0.39, 0.29) is 11.9 Å². The van der Waals surface area contributed by atoms with E-state index in [1.807, 2.05) is 4.90 Å². The standard InChI is InChI=1S/C14H11ClF3N3O/c15-11-2-1-4-20-13(11)21-7-10(8-21)22-9-3-5-19-12(6-9)14(16,17)18/h1-6,10H,7-8H2. The number of rotatable bonds is 3. The molecule has 2 aromatic heterocycles. The molecule has 3 rings (SSSR count). The summed E-state index contributed by atoms with van der Waals surface area (Å²) in [6.07, 6.45) is -1.97. The van der Waals surface area contributed by atoms with Crippen molar-refractivity contribution in [1.82, 2.24) is 9.97 Å². The zero-order valence-corrected chi connectivity index (χ0v) is 12.0. The highest BCUT2D eigenvalue weighted by atomic mass is 35.5. The van der Waals surface area contributed by atoms with Gasteiger partial charge in [0, 0.05) is 18.5 Å². The summed E-state index contributed by atoms with van der Waals surface area (Å²) in [5, 5.41) is 0.532. The smallest absolute Gasteiger partial charge is 0.433 e. The predicted octanol–water partition coefficient (Wildman–Crippen LogP) is 3.42. The Kier molecular flexibility index (Phi) is 3.82. The number of hydrogen-bond acceptors (Lipinski definition) is 4. The average molecular weight is 330 g/mol. The Morgan fingerprint density at radius 3 is 2.64 bits per heavy atom. The van der Waals surface area contributed by atoms with Gasteiger partial charge in [-0.25, -0.2) is 4.98 Å². The lowest BCUT2D eigenvalue weighted by molar-refractivity contribution is -0.141. The van der Waals surface area contributed by atoms with Crippen LogP contribution in [-0.2, 0) is 6.18 Å². The largest absolute Gasteiger partial charge is 0.487 e. The van der Waals surface area contributed by atoms with Crippen molar-refractivity contribution >= 4 is 17.4 Å². The summed E-state index contributed by atoms with van der Waals surface area (Å²) in [6, 6.07) is 5.77. The van der Waals surface area contributed by atoms with E-state index < -0.39 is 11.9 Å². The van der Waals surface area contributed by atoms with Gasteiger partial charge < -0.3 is 9.64 Å². The molecule has 22 heavy (non-hydrogen) atoms. The minimum absolute atomic E-state index is 0.152. The van der Waals surface area contributed by atoms with E-state index in [1.165, 1.54) is 6.07 Å². The highest BCUT2D eigenvalue weighted by Gasteiger charge is 2.34. The van der Waals surface area contributed by atoms with Gasteiger partial charge in [-0.2, -0.15) is 13.2 Å². The number of hydrogen-bond donors (Lipinski definition) is 0. The van der Waals surface area contributed by atoms with Crippen molar-refractivity contribution in [3.63, 3.8) is 0 Å². The van der Waals surface area contributed by atoms with Gasteiger partial charge in [-0.3, -0.25) is 4.98 Å². The van der Waals surface area contributed by atoms with E-state index in [0.717, 1.165) is 12.3 Å². The number of halogens is 4. The highest BCUT2D eigenvalue weighted by Crippen LogP contribution is 2.31. The van der Waals surface area contributed by atoms with Crippen LogP contribution in [0.25, 0.3) is 0 Å². The lowest BCUT2D eigenvalue weighted by atomic mass is 10.1. The van der Waals surface area contributed by atoms with Gasteiger partial charge in [0.15, 0.2) is 0 Å². The van der Waals surface area contributed by atoms with Crippen LogP contribution in [0.2, 0.25) is 5.02 Å². The summed E-state index contributed by atoms with van der Waals surface area (Å²) in [5.41, 5.74) is -0.964. The molecule has 0 spiro atoms. The first-order valence-electron chi connectivity index (χ1n) is 6.49. The molecule has 1 aliphatic rings. The van der Waals surface area contributed by atoms with Crippen LogP contribution in [0.1, 0.15) is 5.69 Å². The summed E-state index contributed by atoms with van der Waals surface area (Å²) in [5.74, 6) is 0.800. The topological polar surface area (TPSA) is 38.2 Å². The maximum Gasteiger partial charge on any atom is 0.433 e. The zero-order chi connectivity index (χ0) is 15.7. The maximum absolute atomic E-state index is 12.6. The van der Waals surface area contributed by atoms with Crippen LogP contribution < -0.4 is 9.64 Å². The maximum atomic E-state index is 12.6. The van der Waals surface area contributed by atoms with Crippen molar-refractivity contribution in [2.45, 2.75) is 12.3 Å². The minimum atomic E-state index is -4.48. The molecule has 3 heterocycles. The second-order valence-electron chi connectivity index (χ2n) is 4.83. The molecular formula is C14H11ClF3N3O. The Morgan fingerprint density at radius 1 is 1.18 bits per heavy atom. The second kappa shape index (κ2) is 5.64. The monoisotopic (exact) mass is 329 g/mol. The Labute approximate surface area is 129 Å². The third kappa shape index (κ3) is 3.09. The molecule has 0 radical (unpaired) electrons. The number of nitrogens with zero attached hydrogens (tertiary/aromatic N) is 3. The van der Waals surface area contributed by atoms with Gasteiger partial charge >= 0.3 is 6.18 Å². The molecule has 0 aliphatic carbocycles. The Balaban J connectivity index is 1.62. The van der Waals surface area contributed by atoms with Crippen LogP contribution in [-0.4, -0.2) is 29.2 Å². The van der Waals surface area contributed by atoms with Crippen LogP contribution in [0.4, 0.5) is 19.0 Å². The number of anilines is 1. The molecule has 1 fully saturated rings. The minimum Gasteiger partial charge on any atom is -0.487 e. The predicted molar refractivity (Wildman–Crippen MR) is 75.1 cm³/mol. The van der Waals surface area contributed by atoms with E-state index >= 15 is 0 Å². The van der Waals surface area contributed by atoms with Gasteiger partial charge in [-0.1, -0.05) is 11.6 Å². The van der Waals surface area contributed by atoms with Crippen LogP contribution in [0, 0.1) is 0 Å². The lowest BCUT2D eigenvalue weighted by Crippen LogP contribution is -2.54. The molecule has 0 N–H and O–H groups in total. The third-order valence-corrected chi connectivity index (χ3v) is 3.51. The van der Waals surface area contributed by atoms with Gasteiger partial charge in [0.25, 0.3) is 0 Å². The quantitative estimate of drug-likeness (QED) is 0.865. The fraction of sp³-hybridized carbons (Fsp3) is 0.286. The van der Waals surface area contributed by atoms with Gasteiger partial charge in [0.1, 0.15) is 23.4 Å². The molecule has 0 amide bonds. The SMILES string of the molecule is FC(F)(F)c1cc(OC2CN(c3ncccc3Cl)C2)ccn1. The lowest BCUT2D eigenvalue weighted by Gasteiger charge is -2.40. The van der Waals surface area contributed by atoms with E-state index in [9.17, 15) is 13.2 Å². The Bertz CT molecular complexity index is 674. The molecule has 0 saturated carbocycles. The summed E-state index contributed by atoms with van der Waals surface area (Å²) >= 11 is 6.03. The number of ether oxygens (including phenoxy) is 1. The molecule has 1 saturated heterocycles. The first kappa shape index (κ1) is 14.9. The van der Waals surface area contributed by atoms with Gasteiger partial charge in [0.2, 0.25) is 0 Å². The van der Waals surface area contributed by atoms with Crippen molar-refractivity contribution in [3.8, 4) is 5.75 Å².